The molecule has 3 nitrogen and oxygen atoms in total. The van der Waals surface area contributed by atoms with E-state index in [1.54, 1.807) is 6.20 Å². The molecular formula is C15H9NO2. The maximum Gasteiger partial charge on any atom is 0.228 e. The van der Waals surface area contributed by atoms with Crippen LogP contribution in [0.2, 0.25) is 0 Å². The first-order valence-corrected chi connectivity index (χ1v) is 5.57. The van der Waals surface area contributed by atoms with E-state index in [0.29, 0.717) is 17.4 Å². The molecule has 0 fully saturated rings. The standard InChI is InChI=1S/C15H9NO2/c17-9-13(18)14-12-6-2-1-4-10(12)8-11-5-3-7-16-15(11)14/h1-9H. The van der Waals surface area contributed by atoms with Gasteiger partial charge in [0.25, 0.3) is 0 Å². The van der Waals surface area contributed by atoms with E-state index in [2.05, 4.69) is 4.98 Å². The van der Waals surface area contributed by atoms with Crippen molar-refractivity contribution in [1.29, 1.82) is 0 Å². The molecule has 3 heteroatoms. The highest BCUT2D eigenvalue weighted by Crippen LogP contribution is 2.26. The molecule has 1 aromatic heterocycles. The second kappa shape index (κ2) is 4.04. The van der Waals surface area contributed by atoms with E-state index in [4.69, 9.17) is 0 Å². The van der Waals surface area contributed by atoms with Crippen LogP contribution >= 0.6 is 0 Å². The summed E-state index contributed by atoms with van der Waals surface area (Å²) in [6.07, 6.45) is 1.97. The maximum absolute atomic E-state index is 11.8. The molecule has 2 aromatic carbocycles. The van der Waals surface area contributed by atoms with E-state index in [1.807, 2.05) is 42.5 Å². The quantitative estimate of drug-likeness (QED) is 0.297. The summed E-state index contributed by atoms with van der Waals surface area (Å²) in [6.45, 7) is 0. The average Bonchev–Trinajstić information content (AvgIpc) is 2.44. The van der Waals surface area contributed by atoms with Crippen LogP contribution in [-0.4, -0.2) is 17.1 Å². The van der Waals surface area contributed by atoms with Crippen molar-refractivity contribution in [3.63, 3.8) is 0 Å². The first kappa shape index (κ1) is 10.6. The van der Waals surface area contributed by atoms with Gasteiger partial charge in [0.2, 0.25) is 5.78 Å². The zero-order valence-corrected chi connectivity index (χ0v) is 9.46. The van der Waals surface area contributed by atoms with Gasteiger partial charge in [-0.05, 0) is 22.9 Å². The summed E-state index contributed by atoms with van der Waals surface area (Å²) < 4.78 is 0. The van der Waals surface area contributed by atoms with E-state index in [9.17, 15) is 9.59 Å². The number of ketones is 1. The van der Waals surface area contributed by atoms with Gasteiger partial charge >= 0.3 is 0 Å². The van der Waals surface area contributed by atoms with E-state index in [0.717, 1.165) is 16.2 Å². The molecule has 0 saturated heterocycles. The number of fused-ring (bicyclic) bond motifs is 2. The monoisotopic (exact) mass is 235 g/mol. The van der Waals surface area contributed by atoms with Crippen molar-refractivity contribution in [2.75, 3.05) is 0 Å². The summed E-state index contributed by atoms with van der Waals surface area (Å²) in [5, 5.41) is 2.56. The van der Waals surface area contributed by atoms with Crippen LogP contribution in [0.5, 0.6) is 0 Å². The molecule has 0 spiro atoms. The number of aromatic nitrogens is 1. The molecule has 0 aliphatic heterocycles. The molecule has 0 aliphatic carbocycles. The molecule has 3 rings (SSSR count). The zero-order valence-electron chi connectivity index (χ0n) is 9.46. The average molecular weight is 235 g/mol. The number of aldehydes is 1. The van der Waals surface area contributed by atoms with Crippen molar-refractivity contribution in [1.82, 2.24) is 4.98 Å². The lowest BCUT2D eigenvalue weighted by Crippen LogP contribution is -2.03. The van der Waals surface area contributed by atoms with Gasteiger partial charge in [0.05, 0.1) is 11.1 Å². The van der Waals surface area contributed by atoms with Crippen LogP contribution in [0.15, 0.2) is 48.7 Å². The van der Waals surface area contributed by atoms with Crippen molar-refractivity contribution in [2.24, 2.45) is 0 Å². The van der Waals surface area contributed by atoms with Gasteiger partial charge in [0.1, 0.15) is 0 Å². The number of hydrogen-bond acceptors (Lipinski definition) is 3. The van der Waals surface area contributed by atoms with E-state index in [-0.39, 0.29) is 0 Å². The number of rotatable bonds is 2. The first-order chi connectivity index (χ1) is 8.81. The molecular weight excluding hydrogens is 226 g/mol. The predicted octanol–water partition coefficient (Wildman–Crippen LogP) is 2.77. The third-order valence-corrected chi connectivity index (χ3v) is 2.97. The Morgan fingerprint density at radius 1 is 1.06 bits per heavy atom. The summed E-state index contributed by atoms with van der Waals surface area (Å²) in [6, 6.07) is 13.2. The van der Waals surface area contributed by atoms with Crippen LogP contribution in [0.3, 0.4) is 0 Å². The number of carbonyl (C=O) groups is 2. The third kappa shape index (κ3) is 1.49. The first-order valence-electron chi connectivity index (χ1n) is 5.57. The van der Waals surface area contributed by atoms with Gasteiger partial charge in [-0.25, -0.2) is 0 Å². The number of Topliss-reactive ketones (excluding diaryl/α,β-unsaturated/α-hetero) is 1. The Morgan fingerprint density at radius 2 is 1.83 bits per heavy atom. The second-order valence-corrected chi connectivity index (χ2v) is 4.03. The molecule has 18 heavy (non-hydrogen) atoms. The Morgan fingerprint density at radius 3 is 2.67 bits per heavy atom. The molecule has 0 amide bonds. The highest BCUT2D eigenvalue weighted by atomic mass is 16.2. The number of nitrogens with zero attached hydrogens (tertiary/aromatic N) is 1. The lowest BCUT2D eigenvalue weighted by atomic mass is 9.98. The maximum atomic E-state index is 11.8. The molecule has 3 aromatic rings. The molecule has 1 heterocycles. The van der Waals surface area contributed by atoms with Crippen LogP contribution in [0, 0.1) is 0 Å². The third-order valence-electron chi connectivity index (χ3n) is 2.97. The number of hydrogen-bond donors (Lipinski definition) is 0. The fraction of sp³-hybridized carbons (Fsp3) is 0. The van der Waals surface area contributed by atoms with E-state index < -0.39 is 5.78 Å². The van der Waals surface area contributed by atoms with Crippen molar-refractivity contribution in [3.8, 4) is 0 Å². The molecule has 0 radical (unpaired) electrons. The van der Waals surface area contributed by atoms with Gasteiger partial charge < -0.3 is 0 Å². The Bertz CT molecular complexity index is 724. The molecule has 0 unspecified atom stereocenters. The number of carbonyl (C=O) groups excluding carboxylic acids is 2. The number of benzene rings is 2. The van der Waals surface area contributed by atoms with Crippen molar-refractivity contribution >= 4 is 33.7 Å². The van der Waals surface area contributed by atoms with Gasteiger partial charge in [-0.15, -0.1) is 0 Å². The van der Waals surface area contributed by atoms with Crippen LogP contribution in [0.1, 0.15) is 10.4 Å². The lowest BCUT2D eigenvalue weighted by Gasteiger charge is -2.07. The van der Waals surface area contributed by atoms with Crippen LogP contribution in [0.4, 0.5) is 0 Å². The minimum Gasteiger partial charge on any atom is -0.294 e. The van der Waals surface area contributed by atoms with Gasteiger partial charge in [-0.2, -0.15) is 0 Å². The Kier molecular flexibility index (Phi) is 2.38. The van der Waals surface area contributed by atoms with Crippen LogP contribution < -0.4 is 0 Å². The van der Waals surface area contributed by atoms with Crippen molar-refractivity contribution in [3.05, 3.63) is 54.2 Å². The van der Waals surface area contributed by atoms with E-state index >= 15 is 0 Å². The lowest BCUT2D eigenvalue weighted by molar-refractivity contribution is -0.104. The Hall–Kier alpha value is -2.55. The zero-order chi connectivity index (χ0) is 12.5. The minimum absolute atomic E-state index is 0.343. The van der Waals surface area contributed by atoms with Crippen molar-refractivity contribution in [2.45, 2.75) is 0 Å². The molecule has 0 N–H and O–H groups in total. The predicted molar refractivity (Wildman–Crippen MR) is 69.6 cm³/mol. The largest absolute Gasteiger partial charge is 0.294 e. The minimum atomic E-state index is -0.532. The highest BCUT2D eigenvalue weighted by molar-refractivity contribution is 6.39. The Balaban J connectivity index is 2.57. The molecule has 86 valence electrons. The van der Waals surface area contributed by atoms with Crippen molar-refractivity contribution < 1.29 is 9.59 Å². The SMILES string of the molecule is O=CC(=O)c1c2ccccc2cc2cccnc12. The summed E-state index contributed by atoms with van der Waals surface area (Å²) in [7, 11) is 0. The molecule has 0 saturated carbocycles. The fourth-order valence-electron chi connectivity index (χ4n) is 2.20. The summed E-state index contributed by atoms with van der Waals surface area (Å²) >= 11 is 0. The van der Waals surface area contributed by atoms with Crippen LogP contribution in [-0.2, 0) is 4.79 Å². The smallest absolute Gasteiger partial charge is 0.228 e. The van der Waals surface area contributed by atoms with Gasteiger partial charge in [-0.3, -0.25) is 14.6 Å². The topological polar surface area (TPSA) is 47.0 Å². The Labute approximate surface area is 103 Å². The molecule has 0 bridgehead atoms. The molecule has 0 atom stereocenters. The van der Waals surface area contributed by atoms with E-state index in [1.165, 1.54) is 0 Å². The normalized spacial score (nSPS) is 10.7. The highest BCUT2D eigenvalue weighted by Gasteiger charge is 2.14. The molecule has 0 aliphatic rings. The number of pyridine rings is 1. The van der Waals surface area contributed by atoms with Crippen LogP contribution in [0.25, 0.3) is 21.7 Å². The summed E-state index contributed by atoms with van der Waals surface area (Å²) in [4.78, 5) is 26.9. The van der Waals surface area contributed by atoms with Gasteiger partial charge in [0, 0.05) is 11.6 Å². The second-order valence-electron chi connectivity index (χ2n) is 4.03. The summed E-state index contributed by atoms with van der Waals surface area (Å²) in [5.74, 6) is -0.532. The fourth-order valence-corrected chi connectivity index (χ4v) is 2.20. The van der Waals surface area contributed by atoms with Gasteiger partial charge in [0.15, 0.2) is 6.29 Å². The summed E-state index contributed by atoms with van der Waals surface area (Å²) in [5.41, 5.74) is 0.965. The van der Waals surface area contributed by atoms with Gasteiger partial charge in [-0.1, -0.05) is 30.3 Å².